The van der Waals surface area contributed by atoms with Crippen LogP contribution in [0.3, 0.4) is 0 Å². The van der Waals surface area contributed by atoms with Crippen LogP contribution >= 0.6 is 144 Å². The normalized spacial score (nSPS) is 24.9. The third-order valence-electron chi connectivity index (χ3n) is 14.7. The second kappa shape index (κ2) is 28.4. The molecule has 422 valence electrons. The van der Waals surface area contributed by atoms with E-state index in [0.717, 1.165) is 81.6 Å². The molecule has 8 aliphatic carbocycles. The lowest BCUT2D eigenvalue weighted by Gasteiger charge is -2.57. The number of hydrogen-bond donors (Lipinski definition) is 6. The van der Waals surface area contributed by atoms with Crippen LogP contribution in [0, 0.1) is 55.7 Å². The van der Waals surface area contributed by atoms with E-state index in [0.29, 0.717) is 28.3 Å². The largest absolute Gasteiger partial charge is 0.396 e. The second-order valence-electron chi connectivity index (χ2n) is 20.3. The number of fused-ring (bicyclic) bond motifs is 2. The number of alkyl halides is 2. The Labute approximate surface area is 510 Å². The van der Waals surface area contributed by atoms with Crippen LogP contribution in [0.4, 0.5) is 22.7 Å². The van der Waals surface area contributed by atoms with Gasteiger partial charge < -0.3 is 46.7 Å². The molecule has 0 radical (unpaired) electrons. The molecule has 8 aliphatic rings. The maximum Gasteiger partial charge on any atom is 0.372 e. The molecule has 15 rings (SSSR count). The molecule has 7 heterocycles. The number of nitrogens with one attached hydrogen (secondary N) is 3. The highest BCUT2D eigenvalue weighted by molar-refractivity contribution is 9.12. The predicted molar refractivity (Wildman–Crippen MR) is 331 cm³/mol. The van der Waals surface area contributed by atoms with Crippen molar-refractivity contribution in [3.8, 4) is 0 Å². The number of nitro groups is 2. The number of hydrogen-bond acceptors (Lipinski definition) is 18. The van der Waals surface area contributed by atoms with Crippen LogP contribution in [0.5, 0.6) is 0 Å². The van der Waals surface area contributed by atoms with Gasteiger partial charge in [0.25, 0.3) is 5.97 Å². The minimum absolute atomic E-state index is 0.135. The molecular formula is C49H62Br4Cl2N10O7S5. The van der Waals surface area contributed by atoms with E-state index in [4.69, 9.17) is 54.6 Å². The molecule has 0 aliphatic heterocycles. The highest BCUT2D eigenvalue weighted by atomic mass is 79.9. The number of nitrogen functional groups attached to an aromatic ring is 2. The first-order valence-corrected chi connectivity index (χ1v) is 33.3. The van der Waals surface area contributed by atoms with Crippen LogP contribution in [-0.4, -0.2) is 74.0 Å². The summed E-state index contributed by atoms with van der Waals surface area (Å²) in [6, 6.07) is 4.02. The van der Waals surface area contributed by atoms with Gasteiger partial charge in [0.2, 0.25) is 0 Å². The first kappa shape index (κ1) is 62.7. The van der Waals surface area contributed by atoms with Crippen LogP contribution in [0.2, 0.25) is 0 Å². The molecule has 0 amide bonds. The van der Waals surface area contributed by atoms with E-state index in [2.05, 4.69) is 99.7 Å². The van der Waals surface area contributed by atoms with Crippen molar-refractivity contribution in [2.75, 3.05) is 38.7 Å². The number of H-pyrrole nitrogens is 2. The summed E-state index contributed by atoms with van der Waals surface area (Å²) in [5.74, 6) is 7.58. The fourth-order valence-electron chi connectivity index (χ4n) is 12.2. The Morgan fingerprint density at radius 2 is 1.05 bits per heavy atom. The van der Waals surface area contributed by atoms with Gasteiger partial charge >= 0.3 is 11.4 Å². The number of rotatable bonds is 10. The minimum Gasteiger partial charge on any atom is -0.396 e. The first-order valence-electron chi connectivity index (χ1n) is 24.6. The molecule has 0 spiro atoms. The number of imidazole rings is 2. The smallest absolute Gasteiger partial charge is 0.372 e. The fourth-order valence-corrected chi connectivity index (χ4v) is 20.1. The van der Waals surface area contributed by atoms with E-state index in [1.54, 1.807) is 34.0 Å². The zero-order valence-electron chi connectivity index (χ0n) is 42.4. The maximum atomic E-state index is 10.4. The molecule has 7 aromatic heterocycles. The van der Waals surface area contributed by atoms with E-state index in [1.807, 2.05) is 33.7 Å². The van der Waals surface area contributed by atoms with E-state index >= 15 is 0 Å². The van der Waals surface area contributed by atoms with Crippen LogP contribution < -0.4 is 22.5 Å². The molecule has 8 fully saturated rings. The number of aromatic amines is 2. The SMILES string of the molecule is Brc1ccc(Br)s1.COC(CCl)(OC)OC.ClCc1nc2cscc2[nH]1.NC12CC3CC(CC(C3)C1)C2.Nc1cscc1N.O=[N+]([O-])c1c(Br)sc(Br)c1[N+](=O)[O-].c1scc2[nH]c(CNC34CC5CC(CC(C5)C3)C4)nc12. The van der Waals surface area contributed by atoms with Crippen molar-refractivity contribution in [3.05, 3.63) is 91.4 Å². The van der Waals surface area contributed by atoms with Gasteiger partial charge in [-0.1, -0.05) is 0 Å². The highest BCUT2D eigenvalue weighted by Gasteiger charge is 2.51. The molecule has 28 heteroatoms. The van der Waals surface area contributed by atoms with Crippen molar-refractivity contribution in [2.24, 2.45) is 41.2 Å². The first-order chi connectivity index (χ1) is 36.7. The number of methoxy groups -OCH3 is 3. The van der Waals surface area contributed by atoms with Crippen molar-refractivity contribution in [1.29, 1.82) is 0 Å². The summed E-state index contributed by atoms with van der Waals surface area (Å²) in [5.41, 5.74) is 22.5. The average molecular weight is 1450 g/mol. The molecule has 17 nitrogen and oxygen atoms in total. The van der Waals surface area contributed by atoms with E-state index in [9.17, 15) is 20.2 Å². The van der Waals surface area contributed by atoms with Gasteiger partial charge in [-0.05, 0) is 188 Å². The zero-order valence-corrected chi connectivity index (χ0v) is 54.3. The summed E-state index contributed by atoms with van der Waals surface area (Å²) in [4.78, 5) is 34.7. The van der Waals surface area contributed by atoms with Crippen LogP contribution in [-0.2, 0) is 26.6 Å². The van der Waals surface area contributed by atoms with Crippen LogP contribution in [0.25, 0.3) is 22.1 Å². The van der Waals surface area contributed by atoms with Gasteiger partial charge in [0.1, 0.15) is 17.5 Å². The summed E-state index contributed by atoms with van der Waals surface area (Å²) < 4.78 is 17.0. The molecule has 9 N–H and O–H groups in total. The number of anilines is 2. The van der Waals surface area contributed by atoms with Gasteiger partial charge in [-0.15, -0.1) is 79.9 Å². The third kappa shape index (κ3) is 16.9. The Hall–Kier alpha value is -1.86. The molecule has 8 bridgehead atoms. The number of nitrogens with two attached hydrogens (primary N) is 3. The van der Waals surface area contributed by atoms with Crippen LogP contribution in [0.1, 0.15) is 88.7 Å². The standard InChI is InChI=1S/C16H21N3S.C10H17N.C6H5ClN2S.C5H11ClO3.C4Br2N2O4S.C4H2Br2S.C4H6N2S/c1-10-2-12-3-11(1)5-16(4-10,6-12)17-7-15-18-13-8-20-9-14(13)19-15;11-10-4-7-1-8(5-10)3-9(2-7)6-10;7-1-6-8-4-2-10-3-5(4)9-6;1-7-5(4-6,8-2)9-3;5-3-1(7(9)10)2(8(11)12)4(6)13-3;5-3-1-2-4(6)7-3;5-3-1-7-2-4(3)6/h8-12,17H,1-7H2,(H,18,19);7-9H,1-6,11H2;2-3H,1H2,(H,8,9);4H2,1-3H3;;1-2H;1-2H,5-6H2. The van der Waals surface area contributed by atoms with Crippen molar-refractivity contribution < 1.29 is 24.1 Å². The molecule has 7 aromatic rings. The Morgan fingerprint density at radius 1 is 0.662 bits per heavy atom. The number of thiophene rings is 5. The zero-order chi connectivity index (χ0) is 55.7. The minimum atomic E-state index is -1.07. The van der Waals surface area contributed by atoms with Crippen molar-refractivity contribution >= 4 is 188 Å². The van der Waals surface area contributed by atoms with E-state index in [1.165, 1.54) is 123 Å². The molecule has 8 saturated carbocycles. The molecule has 0 unspecified atom stereocenters. The fraction of sp³-hybridized carbons (Fsp3) is 0.551. The van der Waals surface area contributed by atoms with Gasteiger partial charge in [-0.2, -0.15) is 0 Å². The molecule has 0 aromatic carbocycles. The van der Waals surface area contributed by atoms with Gasteiger partial charge in [0.15, 0.2) is 7.57 Å². The number of aromatic nitrogens is 4. The summed E-state index contributed by atoms with van der Waals surface area (Å²) in [5, 5.41) is 36.7. The molecule has 0 atom stereocenters. The number of halogens is 6. The second-order valence-corrected chi connectivity index (χ2v) is 30.6. The lowest BCUT2D eigenvalue weighted by Crippen LogP contribution is -2.58. The summed E-state index contributed by atoms with van der Waals surface area (Å²) >= 11 is 30.9. The third-order valence-corrected chi connectivity index (χ3v) is 22.2. The summed E-state index contributed by atoms with van der Waals surface area (Å²) in [6.45, 7) is 0.908. The Balaban J connectivity index is 0.000000135. The summed E-state index contributed by atoms with van der Waals surface area (Å²) in [6.07, 6.45) is 17.3. The topological polar surface area (TPSA) is 261 Å². The predicted octanol–water partition coefficient (Wildman–Crippen LogP) is 16.1. The van der Waals surface area contributed by atoms with Crippen LogP contribution in [0.15, 0.2) is 59.6 Å². The Bertz CT molecular complexity index is 2800. The van der Waals surface area contributed by atoms with Gasteiger partial charge in [0.05, 0.1) is 63.3 Å². The lowest BCUT2D eigenvalue weighted by atomic mass is 9.53. The number of ether oxygens (including phenoxy) is 3. The maximum absolute atomic E-state index is 10.4. The monoisotopic (exact) mass is 1450 g/mol. The quantitative estimate of drug-likeness (QED) is 0.0323. The van der Waals surface area contributed by atoms with E-state index in [-0.39, 0.29) is 13.5 Å². The highest BCUT2D eigenvalue weighted by Crippen LogP contribution is 2.56. The lowest BCUT2D eigenvalue weighted by molar-refractivity contribution is -0.422. The van der Waals surface area contributed by atoms with E-state index < -0.39 is 27.2 Å². The van der Waals surface area contributed by atoms with Gasteiger partial charge in [-0.3, -0.25) is 20.2 Å². The number of nitrogens with zero attached hydrogens (tertiary/aromatic N) is 4. The Morgan fingerprint density at radius 3 is 1.35 bits per heavy atom. The molecule has 77 heavy (non-hydrogen) atoms. The average Bonchev–Trinajstić information content (AvgIpc) is 4.26. The van der Waals surface area contributed by atoms with Crippen molar-refractivity contribution in [1.82, 2.24) is 25.3 Å². The van der Waals surface area contributed by atoms with Crippen molar-refractivity contribution in [3.63, 3.8) is 0 Å². The van der Waals surface area contributed by atoms with Gasteiger partial charge in [0, 0.05) is 64.7 Å². The summed E-state index contributed by atoms with van der Waals surface area (Å²) in [7, 11) is 4.40. The van der Waals surface area contributed by atoms with Gasteiger partial charge in [-0.25, -0.2) is 9.97 Å². The van der Waals surface area contributed by atoms with Crippen molar-refractivity contribution in [2.45, 2.75) is 107 Å². The Kier molecular flexibility index (Phi) is 23.2. The molecular weight excluding hydrogens is 1390 g/mol. The molecule has 0 saturated heterocycles.